The van der Waals surface area contributed by atoms with E-state index in [1.807, 2.05) is 112 Å². The molecule has 7 saturated heterocycles. The van der Waals surface area contributed by atoms with Crippen LogP contribution in [0.2, 0.25) is 72.5 Å². The molecule has 3 aromatic rings. The first kappa shape index (κ1) is 109. The number of hydrogen-bond donors (Lipinski definition) is 1. The second-order valence-electron chi connectivity index (χ2n) is 44.3. The fourth-order valence-electron chi connectivity index (χ4n) is 16.8. The molecule has 11 unspecified atom stereocenters. The number of alkyl halides is 3. The molecule has 0 aliphatic carbocycles. The largest absolute Gasteiger partial charge is 0.462 e. The highest BCUT2D eigenvalue weighted by Crippen LogP contribution is 2.51. The Morgan fingerprint density at radius 2 is 1.02 bits per heavy atom. The van der Waals surface area contributed by atoms with Crippen LogP contribution in [-0.4, -0.2) is 222 Å². The van der Waals surface area contributed by atoms with Crippen molar-refractivity contribution in [1.29, 1.82) is 5.41 Å². The molecule has 0 aromatic heterocycles. The smallest absolute Gasteiger partial charge is 0.308 e. The van der Waals surface area contributed by atoms with E-state index in [0.717, 1.165) is 23.1 Å². The number of halogens is 3. The zero-order valence-corrected chi connectivity index (χ0v) is 89.9. The molecule has 130 heavy (non-hydrogen) atoms. The van der Waals surface area contributed by atoms with E-state index in [2.05, 4.69) is 170 Å². The van der Waals surface area contributed by atoms with Gasteiger partial charge in [0.25, 0.3) is 3.79 Å². The summed E-state index contributed by atoms with van der Waals surface area (Å²) in [7, 11) is -9.81. The van der Waals surface area contributed by atoms with Gasteiger partial charge in [-0.2, -0.15) is 0 Å². The highest BCUT2D eigenvalue weighted by molar-refractivity contribution is 6.76. The predicted molar refractivity (Wildman–Crippen MR) is 512 cm³/mol. The van der Waals surface area contributed by atoms with E-state index in [9.17, 15) is 0 Å². The molecule has 0 amide bonds. The average molecular weight is 1960 g/mol. The molecule has 25 nitrogen and oxygen atoms in total. The lowest BCUT2D eigenvalue weighted by Crippen LogP contribution is -2.63. The summed E-state index contributed by atoms with van der Waals surface area (Å²) in [6.45, 7) is 67.3. The summed E-state index contributed by atoms with van der Waals surface area (Å²) < 4.78 is 149. The van der Waals surface area contributed by atoms with Crippen LogP contribution in [0.5, 0.6) is 0 Å². The molecule has 0 bridgehead atoms. The van der Waals surface area contributed by atoms with Gasteiger partial charge in [0.2, 0.25) is 12.2 Å². The summed E-state index contributed by atoms with van der Waals surface area (Å²) in [5.41, 5.74) is 1.77. The van der Waals surface area contributed by atoms with E-state index in [1.165, 1.54) is 0 Å². The minimum atomic E-state index is -2.71. The number of rotatable bonds is 40. The van der Waals surface area contributed by atoms with Crippen LogP contribution in [-0.2, 0) is 126 Å². The second kappa shape index (κ2) is 44.3. The van der Waals surface area contributed by atoms with Gasteiger partial charge in [-0.15, -0.1) is 0 Å². The zero-order chi connectivity index (χ0) is 96.2. The molecule has 7 aliphatic rings. The Bertz CT molecular complexity index is 4060. The first-order valence-corrected chi connectivity index (χ1v) is 60.3. The molecular formula is C98H160Cl3NO24Si4. The van der Waals surface area contributed by atoms with E-state index in [4.69, 9.17) is 143 Å². The maximum absolute atomic E-state index is 15.3. The van der Waals surface area contributed by atoms with Crippen molar-refractivity contribution in [2.24, 2.45) is 29.6 Å². The first-order valence-electron chi connectivity index (χ1n) is 47.5. The van der Waals surface area contributed by atoms with Gasteiger partial charge in [-0.3, -0.25) is 15.0 Å². The number of esters is 2. The van der Waals surface area contributed by atoms with Crippen LogP contribution in [0, 0.1) is 35.0 Å². The molecule has 0 saturated carbocycles. The molecule has 28 atom stereocenters. The fraction of sp³-hybridized carbons (Fsp3) is 0.786. The van der Waals surface area contributed by atoms with Crippen molar-refractivity contribution < 1.29 is 113 Å². The molecule has 738 valence electrons. The van der Waals surface area contributed by atoms with E-state index >= 15 is 9.59 Å². The van der Waals surface area contributed by atoms with Crippen LogP contribution in [0.3, 0.4) is 0 Å². The van der Waals surface area contributed by atoms with Crippen molar-refractivity contribution in [2.45, 2.75) is 434 Å². The molecule has 3 aromatic carbocycles. The van der Waals surface area contributed by atoms with Gasteiger partial charge in [-0.25, -0.2) is 0 Å². The molecule has 10 rings (SSSR count). The maximum atomic E-state index is 15.3. The summed E-state index contributed by atoms with van der Waals surface area (Å²) in [5, 5.41) is 8.31. The Balaban J connectivity index is 0.865. The highest BCUT2D eigenvalue weighted by atomic mass is 35.6. The molecule has 7 fully saturated rings. The maximum Gasteiger partial charge on any atom is 0.308 e. The molecule has 1 N–H and O–H groups in total. The summed E-state index contributed by atoms with van der Waals surface area (Å²) in [5.74, 6) is -4.59. The van der Waals surface area contributed by atoms with Gasteiger partial charge in [-0.05, 0) is 130 Å². The molecule has 7 heterocycles. The average Bonchev–Trinajstić information content (AvgIpc) is 1.57. The van der Waals surface area contributed by atoms with E-state index < -0.39 is 195 Å². The number of nitrogens with one attached hydrogen (secondary N) is 1. The predicted octanol–water partition coefficient (Wildman–Crippen LogP) is 21.6. The quantitative estimate of drug-likeness (QED) is 0.0182. The lowest BCUT2D eigenvalue weighted by molar-refractivity contribution is -0.357. The van der Waals surface area contributed by atoms with E-state index in [-0.39, 0.29) is 102 Å². The zero-order valence-electron chi connectivity index (χ0n) is 83.7. The fourth-order valence-corrected chi connectivity index (χ4v) is 22.0. The number of ether oxygens (including phenoxy) is 18. The minimum absolute atomic E-state index is 0.0109. The summed E-state index contributed by atoms with van der Waals surface area (Å²) in [6, 6.07) is 29.6. The normalized spacial score (nSPS) is 32.1. The van der Waals surface area contributed by atoms with Gasteiger partial charge >= 0.3 is 11.9 Å². The molecule has 0 spiro atoms. The molecule has 0 radical (unpaired) electrons. The van der Waals surface area contributed by atoms with Gasteiger partial charge in [0.1, 0.15) is 60.5 Å². The van der Waals surface area contributed by atoms with Crippen molar-refractivity contribution in [3.8, 4) is 0 Å². The summed E-state index contributed by atoms with van der Waals surface area (Å²) >= 11 is 19.1. The SMILES string of the molecule is CC[C@H](C)[C@H](C[C@@H](CC(=O)O[C@H]1C(C)O[C@H](OC(=N)C(Cl)(Cl)Cl)C(O[C@@H]2OC(C)[C@H](O[C@@H]3OC[C@@H](OCc4ccccc4)C(O[C@@H]4OC[C@@]5(COCc6ccccc6)O[C@@H](c6ccccc6)OC45)C3C)C3OC(C)(C)OC32)C1C)O[Si](C)(C)C(C)(C)C)OC(=O)C[C@H](C[C@H](O[C@@H]1O[C@@H](CO[Si](C)(C)C(C)(C)C)C(O[Si](C)(C)C(C)(C)C)C1C)[C@@H](C)CC)O[Si](C)(C)C(C)(C)C. The van der Waals surface area contributed by atoms with Crippen molar-refractivity contribution in [3.63, 3.8) is 0 Å². The van der Waals surface area contributed by atoms with Gasteiger partial charge < -0.3 is 103 Å². The number of hydrogen-bond acceptors (Lipinski definition) is 25. The van der Waals surface area contributed by atoms with Crippen LogP contribution in [0.15, 0.2) is 91.0 Å². The summed E-state index contributed by atoms with van der Waals surface area (Å²) in [6.07, 6.45) is -16.0. The van der Waals surface area contributed by atoms with Crippen LogP contribution in [0.1, 0.15) is 221 Å². The number of benzene rings is 3. The topological polar surface area (TPSA) is 261 Å². The molecule has 7 aliphatic heterocycles. The Labute approximate surface area is 796 Å². The van der Waals surface area contributed by atoms with Crippen LogP contribution >= 0.6 is 34.8 Å². The Kier molecular flexibility index (Phi) is 37.1. The Hall–Kier alpha value is -2.95. The number of fused-ring (bicyclic) bond motifs is 2. The van der Waals surface area contributed by atoms with Crippen LogP contribution < -0.4 is 0 Å². The number of carbonyl (C=O) groups excluding carboxylic acids is 2. The monoisotopic (exact) mass is 1950 g/mol. The first-order chi connectivity index (χ1) is 60.3. The molecular weight excluding hydrogens is 1790 g/mol. The van der Waals surface area contributed by atoms with Crippen molar-refractivity contribution in [1.82, 2.24) is 0 Å². The van der Waals surface area contributed by atoms with Gasteiger partial charge in [0, 0.05) is 29.7 Å². The lowest BCUT2D eigenvalue weighted by atomic mass is 9.90. The van der Waals surface area contributed by atoms with Gasteiger partial charge in [-0.1, -0.05) is 270 Å². The van der Waals surface area contributed by atoms with Crippen molar-refractivity contribution >= 4 is 85.9 Å². The third-order valence-electron chi connectivity index (χ3n) is 29.5. The van der Waals surface area contributed by atoms with E-state index in [0.29, 0.717) is 26.1 Å². The van der Waals surface area contributed by atoms with Crippen LogP contribution in [0.25, 0.3) is 0 Å². The van der Waals surface area contributed by atoms with Gasteiger partial charge in [0.05, 0.1) is 95.2 Å². The highest BCUT2D eigenvalue weighted by Gasteiger charge is 2.64. The van der Waals surface area contributed by atoms with Gasteiger partial charge in [0.15, 0.2) is 70.5 Å². The standard InChI is InChI=1S/C98H160Cl3NO24Si4/c1-32-59(3)71(112-75(103)51-70(125-129(28,29)94(16,17)18)50-72(60(4)33-2)113-86-63(7)79(126-130(30,31)95(19,20)21)74(114-86)56-109-127(24,25)92(10,11)12)49-69(124-128(26,27)93(13,14)15)52-76(104)115-77-61(5)80(88(110-64(77)8)120-91(102)98(99,100)101)117-89-83-82(121-96(22,23)122-83)81(65(9)111-89)118-85-62(6)78(73(55-107-85)106-54-67-45-39-35-40-46-67)116-90-84-97(58-108-90,57-105-53-66-43-37-34-38-44-66)123-87(119-84)68-47-41-36-42-48-68/h34-48,59-65,69-74,77-90,102H,32-33,49-58H2,1-31H3/t59-,60-,61?,62?,63?,64?,65?,69-,70-,71-,72-,73+,74-,77+,78?,79?,80?,81-,82?,83?,84?,85-,86+,87-,88+,89-,90-,97+/m0/s1. The van der Waals surface area contributed by atoms with E-state index in [1.54, 1.807) is 20.8 Å². The Morgan fingerprint density at radius 3 is 1.58 bits per heavy atom. The van der Waals surface area contributed by atoms with Crippen molar-refractivity contribution in [3.05, 3.63) is 108 Å². The third-order valence-corrected chi connectivity index (χ3v) is 48.1. The molecule has 32 heteroatoms. The lowest BCUT2D eigenvalue weighted by Gasteiger charge is -2.48. The summed E-state index contributed by atoms with van der Waals surface area (Å²) in [4.78, 5) is 30.6. The minimum Gasteiger partial charge on any atom is -0.462 e. The third kappa shape index (κ3) is 27.6. The second-order valence-corrected chi connectivity index (χ2v) is 65.6. The number of carbonyl (C=O) groups is 2. The van der Waals surface area contributed by atoms with Crippen LogP contribution in [0.4, 0.5) is 0 Å². The Morgan fingerprint density at radius 1 is 0.523 bits per heavy atom. The van der Waals surface area contributed by atoms with Crippen molar-refractivity contribution in [2.75, 3.05) is 26.4 Å².